The molecule has 2 aliphatic rings. The van der Waals surface area contributed by atoms with Gasteiger partial charge in [-0.1, -0.05) is 37.6 Å². The average molecular weight is 215 g/mol. The number of rotatable bonds is 3. The molecule has 0 fully saturated rings. The third kappa shape index (κ3) is 2.46. The molecule has 86 valence electrons. The Balaban J connectivity index is 2.15. The largest absolute Gasteiger partial charge is 0.374 e. The molecule has 1 unspecified atom stereocenters. The number of hydrogen-bond donors (Lipinski definition) is 0. The monoisotopic (exact) mass is 215 g/mol. The summed E-state index contributed by atoms with van der Waals surface area (Å²) in [7, 11) is 2.16. The normalized spacial score (nSPS) is 24.4. The number of nitrogens with zero attached hydrogens (tertiary/aromatic N) is 1. The van der Waals surface area contributed by atoms with E-state index in [2.05, 4.69) is 55.5 Å². The Morgan fingerprint density at radius 3 is 2.81 bits per heavy atom. The molecular weight excluding hydrogens is 194 g/mol. The predicted molar refractivity (Wildman–Crippen MR) is 70.1 cm³/mol. The fraction of sp³-hybridized carbons (Fsp3) is 0.467. The van der Waals surface area contributed by atoms with E-state index >= 15 is 0 Å². The summed E-state index contributed by atoms with van der Waals surface area (Å²) in [5.41, 5.74) is 2.80. The molecule has 0 amide bonds. The van der Waals surface area contributed by atoms with Gasteiger partial charge in [-0.3, -0.25) is 0 Å². The van der Waals surface area contributed by atoms with Gasteiger partial charge in [-0.05, 0) is 42.7 Å². The Kier molecular flexibility index (Phi) is 3.66. The van der Waals surface area contributed by atoms with Crippen molar-refractivity contribution in [1.29, 1.82) is 0 Å². The fourth-order valence-corrected chi connectivity index (χ4v) is 2.29. The van der Waals surface area contributed by atoms with Gasteiger partial charge in [0.05, 0.1) is 0 Å². The van der Waals surface area contributed by atoms with E-state index in [1.807, 2.05) is 0 Å². The van der Waals surface area contributed by atoms with E-state index in [1.54, 1.807) is 0 Å². The van der Waals surface area contributed by atoms with Crippen LogP contribution in [0.3, 0.4) is 0 Å². The van der Waals surface area contributed by atoms with E-state index in [0.717, 1.165) is 0 Å². The molecule has 2 rings (SSSR count). The molecule has 1 nitrogen and oxygen atoms in total. The Hall–Kier alpha value is -1.24. The summed E-state index contributed by atoms with van der Waals surface area (Å²) in [5.74, 6) is 0. The molecule has 0 aromatic carbocycles. The van der Waals surface area contributed by atoms with Gasteiger partial charge in [-0.2, -0.15) is 0 Å². The second-order valence-corrected chi connectivity index (χ2v) is 4.60. The van der Waals surface area contributed by atoms with Gasteiger partial charge < -0.3 is 4.90 Å². The lowest BCUT2D eigenvalue weighted by Gasteiger charge is -2.28. The van der Waals surface area contributed by atoms with Crippen molar-refractivity contribution in [1.82, 2.24) is 4.90 Å². The average Bonchev–Trinajstić information content (AvgIpc) is 2.33. The van der Waals surface area contributed by atoms with Gasteiger partial charge >= 0.3 is 0 Å². The van der Waals surface area contributed by atoms with Gasteiger partial charge in [0, 0.05) is 13.1 Å². The fourth-order valence-electron chi connectivity index (χ4n) is 2.29. The zero-order chi connectivity index (χ0) is 11.4. The van der Waals surface area contributed by atoms with Crippen LogP contribution >= 0.6 is 0 Å². The van der Waals surface area contributed by atoms with E-state index in [9.17, 15) is 0 Å². The summed E-state index contributed by atoms with van der Waals surface area (Å²) in [6.07, 6.45) is 18.6. The van der Waals surface area contributed by atoms with Crippen LogP contribution in [0.25, 0.3) is 0 Å². The van der Waals surface area contributed by atoms with E-state index in [0.29, 0.717) is 6.04 Å². The summed E-state index contributed by atoms with van der Waals surface area (Å²) in [6.45, 7) is 2.25. The number of allylic oxidation sites excluding steroid dienone is 6. The van der Waals surface area contributed by atoms with Gasteiger partial charge in [0.25, 0.3) is 0 Å². The quantitative estimate of drug-likeness (QED) is 0.692. The topological polar surface area (TPSA) is 3.24 Å². The lowest BCUT2D eigenvalue weighted by Crippen LogP contribution is -2.27. The van der Waals surface area contributed by atoms with Crippen molar-refractivity contribution in [2.45, 2.75) is 38.6 Å². The van der Waals surface area contributed by atoms with Gasteiger partial charge in [-0.15, -0.1) is 0 Å². The molecule has 1 aliphatic heterocycles. The first-order valence-electron chi connectivity index (χ1n) is 6.30. The molecule has 0 radical (unpaired) electrons. The van der Waals surface area contributed by atoms with Crippen LogP contribution < -0.4 is 0 Å². The van der Waals surface area contributed by atoms with Gasteiger partial charge in [0.1, 0.15) is 0 Å². The first kappa shape index (κ1) is 11.3. The third-order valence-corrected chi connectivity index (χ3v) is 3.30. The van der Waals surface area contributed by atoms with E-state index in [4.69, 9.17) is 0 Å². The highest BCUT2D eigenvalue weighted by atomic mass is 15.1. The van der Waals surface area contributed by atoms with E-state index in [1.165, 1.54) is 36.8 Å². The Labute approximate surface area is 98.8 Å². The molecule has 1 heteroatoms. The maximum Gasteiger partial charge on any atom is 0.0473 e. The molecule has 0 bridgehead atoms. The SMILES string of the molecule is CCCC1C=C(C2=CCCC=C2)C=CN1C. The van der Waals surface area contributed by atoms with Crippen molar-refractivity contribution in [2.75, 3.05) is 7.05 Å². The van der Waals surface area contributed by atoms with Crippen LogP contribution in [0.2, 0.25) is 0 Å². The second kappa shape index (κ2) is 5.20. The van der Waals surface area contributed by atoms with Crippen molar-refractivity contribution in [3.63, 3.8) is 0 Å². The van der Waals surface area contributed by atoms with Crippen molar-refractivity contribution >= 4 is 0 Å². The van der Waals surface area contributed by atoms with Crippen LogP contribution in [0.15, 0.2) is 47.7 Å². The smallest absolute Gasteiger partial charge is 0.0473 e. The third-order valence-electron chi connectivity index (χ3n) is 3.30. The highest BCUT2D eigenvalue weighted by molar-refractivity contribution is 5.49. The molecule has 0 aromatic heterocycles. The molecule has 0 saturated heterocycles. The van der Waals surface area contributed by atoms with Gasteiger partial charge in [-0.25, -0.2) is 0 Å². The maximum atomic E-state index is 2.41. The first-order valence-corrected chi connectivity index (χ1v) is 6.30. The summed E-state index contributed by atoms with van der Waals surface area (Å²) < 4.78 is 0. The summed E-state index contributed by atoms with van der Waals surface area (Å²) >= 11 is 0. The minimum absolute atomic E-state index is 0.571. The zero-order valence-corrected chi connectivity index (χ0v) is 10.3. The zero-order valence-electron chi connectivity index (χ0n) is 10.3. The minimum atomic E-state index is 0.571. The molecule has 0 saturated carbocycles. The highest BCUT2D eigenvalue weighted by Gasteiger charge is 2.14. The van der Waals surface area contributed by atoms with Gasteiger partial charge in [0.15, 0.2) is 0 Å². The lowest BCUT2D eigenvalue weighted by atomic mass is 9.94. The van der Waals surface area contributed by atoms with Crippen LogP contribution in [-0.4, -0.2) is 18.0 Å². The number of likely N-dealkylation sites (N-methyl/N-ethyl adjacent to an activating group) is 1. The maximum absolute atomic E-state index is 2.41. The summed E-state index contributed by atoms with van der Waals surface area (Å²) in [5, 5.41) is 0. The van der Waals surface area contributed by atoms with Crippen molar-refractivity contribution in [3.05, 3.63) is 47.7 Å². The molecule has 0 N–H and O–H groups in total. The molecule has 16 heavy (non-hydrogen) atoms. The van der Waals surface area contributed by atoms with Crippen molar-refractivity contribution < 1.29 is 0 Å². The minimum Gasteiger partial charge on any atom is -0.374 e. The van der Waals surface area contributed by atoms with Gasteiger partial charge in [0.2, 0.25) is 0 Å². The number of hydrogen-bond acceptors (Lipinski definition) is 1. The first-order chi connectivity index (χ1) is 7.81. The van der Waals surface area contributed by atoms with Crippen LogP contribution in [0.1, 0.15) is 32.6 Å². The van der Waals surface area contributed by atoms with Crippen molar-refractivity contribution in [2.24, 2.45) is 0 Å². The molecule has 1 heterocycles. The lowest BCUT2D eigenvalue weighted by molar-refractivity contribution is 0.357. The molecular formula is C15H21N. The second-order valence-electron chi connectivity index (χ2n) is 4.60. The standard InChI is InChI=1S/C15H21N/c1-3-7-15-12-14(10-11-16(15)2)13-8-5-4-6-9-13/h5,8-12,15H,3-4,6-7H2,1-2H3. The van der Waals surface area contributed by atoms with E-state index in [-0.39, 0.29) is 0 Å². The Morgan fingerprint density at radius 2 is 2.12 bits per heavy atom. The Bertz CT molecular complexity index is 358. The molecule has 1 atom stereocenters. The predicted octanol–water partition coefficient (Wildman–Crippen LogP) is 3.82. The summed E-state index contributed by atoms with van der Waals surface area (Å²) in [4.78, 5) is 2.31. The van der Waals surface area contributed by atoms with Crippen LogP contribution in [0.5, 0.6) is 0 Å². The van der Waals surface area contributed by atoms with Crippen molar-refractivity contribution in [3.8, 4) is 0 Å². The molecule has 0 aromatic rings. The molecule has 1 aliphatic carbocycles. The van der Waals surface area contributed by atoms with Crippen LogP contribution in [0, 0.1) is 0 Å². The van der Waals surface area contributed by atoms with Crippen LogP contribution in [0.4, 0.5) is 0 Å². The molecule has 0 spiro atoms. The van der Waals surface area contributed by atoms with Crippen LogP contribution in [-0.2, 0) is 0 Å². The highest BCUT2D eigenvalue weighted by Crippen LogP contribution is 2.24. The summed E-state index contributed by atoms with van der Waals surface area (Å²) in [6, 6.07) is 0.571. The Morgan fingerprint density at radius 1 is 1.25 bits per heavy atom. The van der Waals surface area contributed by atoms with E-state index < -0.39 is 0 Å².